The van der Waals surface area contributed by atoms with E-state index in [1.807, 2.05) is 30.3 Å². The molecule has 8 nitrogen and oxygen atoms in total. The molecule has 2 N–H and O–H groups in total. The van der Waals surface area contributed by atoms with E-state index in [0.717, 1.165) is 25.0 Å². The Hall–Kier alpha value is -3.39. The van der Waals surface area contributed by atoms with E-state index >= 15 is 0 Å². The molecule has 0 aliphatic carbocycles. The highest BCUT2D eigenvalue weighted by Crippen LogP contribution is 2.17. The summed E-state index contributed by atoms with van der Waals surface area (Å²) < 4.78 is 16.4. The Balaban J connectivity index is 1.50. The molecule has 0 bridgehead atoms. The van der Waals surface area contributed by atoms with Crippen molar-refractivity contribution >= 4 is 17.8 Å². The number of hydrogen-bond acceptors (Lipinski definition) is 6. The fraction of sp³-hybridized carbons (Fsp3) is 0.375. The van der Waals surface area contributed by atoms with Gasteiger partial charge < -0.3 is 24.8 Å². The van der Waals surface area contributed by atoms with Gasteiger partial charge in [0.05, 0.1) is 11.7 Å². The second-order valence-corrected chi connectivity index (χ2v) is 7.56. The average molecular weight is 440 g/mol. The Morgan fingerprint density at radius 3 is 2.47 bits per heavy atom. The van der Waals surface area contributed by atoms with Crippen molar-refractivity contribution in [1.82, 2.24) is 4.90 Å². The van der Waals surface area contributed by atoms with Crippen LogP contribution < -0.4 is 10.5 Å². The highest BCUT2D eigenvalue weighted by Gasteiger charge is 2.18. The van der Waals surface area contributed by atoms with Crippen molar-refractivity contribution in [3.8, 4) is 5.75 Å². The number of carbonyl (C=O) groups excluding carboxylic acids is 3. The molecule has 2 aromatic rings. The second-order valence-electron chi connectivity index (χ2n) is 7.56. The van der Waals surface area contributed by atoms with Crippen LogP contribution in [0.25, 0.3) is 0 Å². The largest absolute Gasteiger partial charge is 0.491 e. The summed E-state index contributed by atoms with van der Waals surface area (Å²) in [5, 5.41) is 0. The second kappa shape index (κ2) is 11.9. The molecule has 2 aromatic carbocycles. The highest BCUT2D eigenvalue weighted by atomic mass is 16.5. The van der Waals surface area contributed by atoms with Crippen molar-refractivity contribution in [2.45, 2.75) is 31.9 Å². The average Bonchev–Trinajstić information content (AvgIpc) is 3.33. The summed E-state index contributed by atoms with van der Waals surface area (Å²) in [4.78, 5) is 37.6. The Bertz CT molecular complexity index is 894. The van der Waals surface area contributed by atoms with Crippen LogP contribution in [0, 0.1) is 0 Å². The molecule has 1 aliphatic rings. The van der Waals surface area contributed by atoms with Crippen molar-refractivity contribution in [2.24, 2.45) is 5.73 Å². The molecule has 1 unspecified atom stereocenters. The Morgan fingerprint density at radius 1 is 1.06 bits per heavy atom. The Labute approximate surface area is 187 Å². The molecule has 0 spiro atoms. The number of carbonyl (C=O) groups is 3. The maximum absolute atomic E-state index is 12.6. The number of primary amides is 1. The van der Waals surface area contributed by atoms with Gasteiger partial charge in [0.2, 0.25) is 5.91 Å². The van der Waals surface area contributed by atoms with E-state index in [0.29, 0.717) is 24.5 Å². The minimum Gasteiger partial charge on any atom is -0.491 e. The first-order chi connectivity index (χ1) is 15.5. The van der Waals surface area contributed by atoms with E-state index in [1.54, 1.807) is 24.3 Å². The molecule has 0 radical (unpaired) electrons. The summed E-state index contributed by atoms with van der Waals surface area (Å²) in [6, 6.07) is 15.9. The van der Waals surface area contributed by atoms with Crippen LogP contribution >= 0.6 is 0 Å². The van der Waals surface area contributed by atoms with E-state index in [9.17, 15) is 14.4 Å². The lowest BCUT2D eigenvalue weighted by atomic mass is 10.2. The molecular formula is C24H28N2O6. The lowest BCUT2D eigenvalue weighted by Crippen LogP contribution is -2.36. The van der Waals surface area contributed by atoms with Crippen LogP contribution in [0.3, 0.4) is 0 Å². The van der Waals surface area contributed by atoms with Crippen LogP contribution in [0.1, 0.15) is 35.2 Å². The van der Waals surface area contributed by atoms with Crippen LogP contribution in [0.15, 0.2) is 54.6 Å². The number of hydrogen-bond donors (Lipinski definition) is 1. The van der Waals surface area contributed by atoms with Gasteiger partial charge in [-0.25, -0.2) is 4.79 Å². The number of esters is 1. The maximum Gasteiger partial charge on any atom is 0.338 e. The van der Waals surface area contributed by atoms with E-state index in [1.165, 1.54) is 4.90 Å². The number of amides is 2. The lowest BCUT2D eigenvalue weighted by Gasteiger charge is -2.22. The quantitative estimate of drug-likeness (QED) is 0.537. The third-order valence-electron chi connectivity index (χ3n) is 5.07. The van der Waals surface area contributed by atoms with Crippen molar-refractivity contribution < 1.29 is 28.6 Å². The normalized spacial score (nSPS) is 15.2. The van der Waals surface area contributed by atoms with Crippen LogP contribution in [0.4, 0.5) is 0 Å². The summed E-state index contributed by atoms with van der Waals surface area (Å²) in [5.41, 5.74) is 6.43. The van der Waals surface area contributed by atoms with E-state index in [-0.39, 0.29) is 19.1 Å². The number of nitrogens with two attached hydrogens (primary N) is 1. The van der Waals surface area contributed by atoms with Gasteiger partial charge >= 0.3 is 5.97 Å². The smallest absolute Gasteiger partial charge is 0.338 e. The first-order valence-electron chi connectivity index (χ1n) is 10.6. The maximum atomic E-state index is 12.6. The predicted molar refractivity (Wildman–Crippen MR) is 117 cm³/mol. The topological polar surface area (TPSA) is 108 Å². The van der Waals surface area contributed by atoms with Gasteiger partial charge in [0.1, 0.15) is 12.4 Å². The first kappa shape index (κ1) is 23.3. The molecule has 1 fully saturated rings. The third-order valence-corrected chi connectivity index (χ3v) is 5.07. The summed E-state index contributed by atoms with van der Waals surface area (Å²) in [6.07, 6.45) is 2.17. The van der Waals surface area contributed by atoms with Gasteiger partial charge in [-0.2, -0.15) is 0 Å². The number of ether oxygens (including phenoxy) is 3. The molecule has 1 saturated heterocycles. The van der Waals surface area contributed by atoms with Crippen molar-refractivity contribution in [3.05, 3.63) is 65.7 Å². The fourth-order valence-electron chi connectivity index (χ4n) is 3.29. The summed E-state index contributed by atoms with van der Waals surface area (Å²) in [7, 11) is 0. The van der Waals surface area contributed by atoms with Crippen molar-refractivity contribution in [2.75, 3.05) is 26.4 Å². The lowest BCUT2D eigenvalue weighted by molar-refractivity contribution is -0.135. The van der Waals surface area contributed by atoms with E-state index < -0.39 is 24.4 Å². The van der Waals surface area contributed by atoms with Gasteiger partial charge in [-0.05, 0) is 42.7 Å². The third kappa shape index (κ3) is 7.39. The van der Waals surface area contributed by atoms with E-state index in [4.69, 9.17) is 19.9 Å². The molecule has 1 heterocycles. The first-order valence-corrected chi connectivity index (χ1v) is 10.6. The molecule has 32 heavy (non-hydrogen) atoms. The van der Waals surface area contributed by atoms with Gasteiger partial charge in [0.15, 0.2) is 6.61 Å². The van der Waals surface area contributed by atoms with E-state index in [2.05, 4.69) is 0 Å². The predicted octanol–water partition coefficient (Wildman–Crippen LogP) is 2.31. The van der Waals surface area contributed by atoms with Gasteiger partial charge in [-0.3, -0.25) is 9.59 Å². The zero-order valence-corrected chi connectivity index (χ0v) is 17.9. The molecule has 1 atom stereocenters. The molecule has 8 heteroatoms. The summed E-state index contributed by atoms with van der Waals surface area (Å²) in [6.45, 7) is 1.25. The Morgan fingerprint density at radius 2 is 1.81 bits per heavy atom. The molecule has 3 rings (SSSR count). The highest BCUT2D eigenvalue weighted by molar-refractivity contribution is 5.91. The van der Waals surface area contributed by atoms with Crippen molar-refractivity contribution in [1.29, 1.82) is 0 Å². The van der Waals surface area contributed by atoms with Gasteiger partial charge in [-0.15, -0.1) is 0 Å². The molecule has 1 aliphatic heterocycles. The molecule has 2 amide bonds. The van der Waals surface area contributed by atoms with Crippen LogP contribution in [-0.4, -0.2) is 55.2 Å². The summed E-state index contributed by atoms with van der Waals surface area (Å²) in [5.74, 6) is -0.887. The molecular weight excluding hydrogens is 412 g/mol. The minimum atomic E-state index is -0.612. The SMILES string of the molecule is NC(=O)CCN(Cc1ccccc1)C(=O)COC(=O)c1ccc(OCC2CCCO2)cc1. The number of nitrogens with zero attached hydrogens (tertiary/aromatic N) is 1. The Kier molecular flexibility index (Phi) is 8.62. The standard InChI is InChI=1S/C24H28N2O6/c25-22(27)12-13-26(15-18-5-2-1-3-6-18)23(28)17-32-24(29)19-8-10-20(11-9-19)31-16-21-7-4-14-30-21/h1-3,5-6,8-11,21H,4,7,12-17H2,(H2,25,27). The number of rotatable bonds is 11. The zero-order chi connectivity index (χ0) is 22.8. The van der Waals surface area contributed by atoms with Gasteiger partial charge in [0.25, 0.3) is 5.91 Å². The van der Waals surface area contributed by atoms with Gasteiger partial charge in [-0.1, -0.05) is 30.3 Å². The monoisotopic (exact) mass is 440 g/mol. The van der Waals surface area contributed by atoms with Crippen LogP contribution in [-0.2, 0) is 25.6 Å². The molecule has 0 aromatic heterocycles. The van der Waals surface area contributed by atoms with Crippen molar-refractivity contribution in [3.63, 3.8) is 0 Å². The molecule has 0 saturated carbocycles. The minimum absolute atomic E-state index is 0.0277. The molecule has 170 valence electrons. The number of benzene rings is 2. The van der Waals surface area contributed by atoms with Crippen LogP contribution in [0.2, 0.25) is 0 Å². The fourth-order valence-corrected chi connectivity index (χ4v) is 3.29. The summed E-state index contributed by atoms with van der Waals surface area (Å²) >= 11 is 0. The zero-order valence-electron chi connectivity index (χ0n) is 17.9. The van der Waals surface area contributed by atoms with Crippen LogP contribution in [0.5, 0.6) is 5.75 Å². The van der Waals surface area contributed by atoms with Gasteiger partial charge in [0, 0.05) is 26.1 Å².